The van der Waals surface area contributed by atoms with Crippen molar-refractivity contribution in [3.8, 4) is 6.07 Å². The van der Waals surface area contributed by atoms with E-state index in [2.05, 4.69) is 6.07 Å². The smallest absolute Gasteiger partial charge is 0.312 e. The second-order valence-corrected chi connectivity index (χ2v) is 8.64. The van der Waals surface area contributed by atoms with Gasteiger partial charge < -0.3 is 4.74 Å². The predicted molar refractivity (Wildman–Crippen MR) is 84.7 cm³/mol. The van der Waals surface area contributed by atoms with Crippen LogP contribution >= 0.6 is 0 Å². The normalized spacial score (nSPS) is 41.0. The number of carbonyl (C=O) groups excluding carboxylic acids is 1. The topological polar surface area (TPSA) is 50.1 Å². The molecule has 1 atom stereocenters. The van der Waals surface area contributed by atoms with Crippen LogP contribution in [0.15, 0.2) is 0 Å². The van der Waals surface area contributed by atoms with Crippen LogP contribution in [0.4, 0.5) is 0 Å². The lowest BCUT2D eigenvalue weighted by molar-refractivity contribution is -0.227. The third-order valence-electron chi connectivity index (χ3n) is 6.99. The van der Waals surface area contributed by atoms with E-state index in [-0.39, 0.29) is 11.9 Å². The van der Waals surface area contributed by atoms with E-state index >= 15 is 0 Å². The second kappa shape index (κ2) is 5.25. The first-order valence-corrected chi connectivity index (χ1v) is 8.96. The van der Waals surface area contributed by atoms with Gasteiger partial charge in [-0.15, -0.1) is 0 Å². The molecule has 4 aliphatic carbocycles. The Labute approximate surface area is 134 Å². The summed E-state index contributed by atoms with van der Waals surface area (Å²) in [5.41, 5.74) is -0.984. The van der Waals surface area contributed by atoms with Crippen molar-refractivity contribution in [2.75, 3.05) is 0 Å². The van der Waals surface area contributed by atoms with Gasteiger partial charge in [-0.3, -0.25) is 4.79 Å². The molecular formula is C19H29NO2. The summed E-state index contributed by atoms with van der Waals surface area (Å²) in [5.74, 6) is 2.09. The molecule has 0 aromatic rings. The molecule has 0 aromatic carbocycles. The van der Waals surface area contributed by atoms with Gasteiger partial charge in [0.05, 0.1) is 17.4 Å². The fourth-order valence-corrected chi connectivity index (χ4v) is 5.43. The largest absolute Gasteiger partial charge is 0.457 e. The molecule has 4 aliphatic rings. The second-order valence-electron chi connectivity index (χ2n) is 8.64. The van der Waals surface area contributed by atoms with Crippen LogP contribution in [0.1, 0.15) is 66.2 Å². The van der Waals surface area contributed by atoms with Crippen molar-refractivity contribution in [1.29, 1.82) is 5.26 Å². The molecule has 22 heavy (non-hydrogen) atoms. The van der Waals surface area contributed by atoms with Crippen molar-refractivity contribution in [2.24, 2.45) is 35.0 Å². The SMILES string of the molecule is CCC(C)(C)C(=O)OC1(C(C)C#N)C2CC3CC(C2)CC1C3. The Bertz CT molecular complexity index is 474. The maximum atomic E-state index is 12.8. The molecule has 0 radical (unpaired) electrons. The molecule has 4 bridgehead atoms. The van der Waals surface area contributed by atoms with Crippen LogP contribution < -0.4 is 0 Å². The van der Waals surface area contributed by atoms with Gasteiger partial charge in [-0.05, 0) is 71.1 Å². The van der Waals surface area contributed by atoms with E-state index in [1.165, 1.54) is 6.42 Å². The van der Waals surface area contributed by atoms with E-state index in [1.54, 1.807) is 0 Å². The monoisotopic (exact) mass is 303 g/mol. The van der Waals surface area contributed by atoms with Gasteiger partial charge in [0, 0.05) is 11.8 Å². The summed E-state index contributed by atoms with van der Waals surface area (Å²) in [5, 5.41) is 9.62. The summed E-state index contributed by atoms with van der Waals surface area (Å²) in [7, 11) is 0. The summed E-state index contributed by atoms with van der Waals surface area (Å²) in [6.45, 7) is 7.90. The highest BCUT2D eigenvalue weighted by Gasteiger charge is 2.62. The summed E-state index contributed by atoms with van der Waals surface area (Å²) in [6.07, 6.45) is 6.73. The molecule has 0 amide bonds. The van der Waals surface area contributed by atoms with Gasteiger partial charge in [0.2, 0.25) is 0 Å². The van der Waals surface area contributed by atoms with Crippen molar-refractivity contribution in [1.82, 2.24) is 0 Å². The number of hydrogen-bond acceptors (Lipinski definition) is 3. The number of rotatable bonds is 4. The van der Waals surface area contributed by atoms with Gasteiger partial charge in [0.15, 0.2) is 0 Å². The lowest BCUT2D eigenvalue weighted by atomic mass is 9.47. The minimum absolute atomic E-state index is 0.107. The van der Waals surface area contributed by atoms with Crippen LogP contribution in [-0.4, -0.2) is 11.6 Å². The maximum Gasteiger partial charge on any atom is 0.312 e. The minimum atomic E-state index is -0.522. The molecule has 4 rings (SSSR count). The van der Waals surface area contributed by atoms with E-state index in [0.29, 0.717) is 11.8 Å². The highest BCUT2D eigenvalue weighted by Crippen LogP contribution is 2.62. The highest BCUT2D eigenvalue weighted by atomic mass is 16.6. The van der Waals surface area contributed by atoms with Crippen molar-refractivity contribution >= 4 is 5.97 Å². The molecule has 0 aliphatic heterocycles. The first kappa shape index (κ1) is 15.8. The van der Waals surface area contributed by atoms with Crippen LogP contribution in [-0.2, 0) is 9.53 Å². The molecule has 0 N–H and O–H groups in total. The van der Waals surface area contributed by atoms with E-state index < -0.39 is 11.0 Å². The van der Waals surface area contributed by atoms with Gasteiger partial charge in [-0.25, -0.2) is 0 Å². The van der Waals surface area contributed by atoms with Crippen LogP contribution in [0, 0.1) is 46.3 Å². The van der Waals surface area contributed by atoms with Gasteiger partial charge in [0.25, 0.3) is 0 Å². The van der Waals surface area contributed by atoms with Crippen molar-refractivity contribution in [2.45, 2.75) is 71.8 Å². The molecule has 0 saturated heterocycles. The van der Waals surface area contributed by atoms with Crippen molar-refractivity contribution in [3.63, 3.8) is 0 Å². The molecule has 1 unspecified atom stereocenters. The predicted octanol–water partition coefficient (Wildman–Crippen LogP) is 4.32. The zero-order valence-electron chi connectivity index (χ0n) is 14.4. The Morgan fingerprint density at radius 2 is 1.73 bits per heavy atom. The molecule has 3 heteroatoms. The number of ether oxygens (including phenoxy) is 1. The van der Waals surface area contributed by atoms with Gasteiger partial charge in [0.1, 0.15) is 5.60 Å². The zero-order chi connectivity index (χ0) is 16.1. The van der Waals surface area contributed by atoms with Gasteiger partial charge in [-0.2, -0.15) is 5.26 Å². The quantitative estimate of drug-likeness (QED) is 0.727. The average Bonchev–Trinajstić information content (AvgIpc) is 2.49. The number of carbonyl (C=O) groups is 1. The van der Waals surface area contributed by atoms with Gasteiger partial charge >= 0.3 is 5.97 Å². The van der Waals surface area contributed by atoms with E-state index in [0.717, 1.165) is 43.9 Å². The standard InChI is InChI=1S/C19H29NO2/c1-5-18(3,4)17(21)22-19(12(2)11-20)15-7-13-6-14(9-15)10-16(19)8-13/h12-16H,5-10H2,1-4H3. The van der Waals surface area contributed by atoms with Gasteiger partial charge in [-0.1, -0.05) is 6.92 Å². The molecule has 4 saturated carbocycles. The number of hydrogen-bond donors (Lipinski definition) is 0. The van der Waals surface area contributed by atoms with Crippen molar-refractivity contribution in [3.05, 3.63) is 0 Å². The molecule has 0 spiro atoms. The van der Waals surface area contributed by atoms with Crippen LogP contribution in [0.25, 0.3) is 0 Å². The minimum Gasteiger partial charge on any atom is -0.457 e. The zero-order valence-corrected chi connectivity index (χ0v) is 14.4. The summed E-state index contributed by atoms with van der Waals surface area (Å²) < 4.78 is 6.26. The van der Waals surface area contributed by atoms with E-state index in [9.17, 15) is 10.1 Å². The van der Waals surface area contributed by atoms with Crippen LogP contribution in [0.5, 0.6) is 0 Å². The lowest BCUT2D eigenvalue weighted by Crippen LogP contribution is -2.63. The number of nitrogens with zero attached hydrogens (tertiary/aromatic N) is 1. The Balaban J connectivity index is 1.93. The molecule has 0 heterocycles. The third-order valence-corrected chi connectivity index (χ3v) is 6.99. The van der Waals surface area contributed by atoms with Crippen molar-refractivity contribution < 1.29 is 9.53 Å². The Morgan fingerprint density at radius 1 is 1.23 bits per heavy atom. The maximum absolute atomic E-state index is 12.8. The molecule has 4 fully saturated rings. The van der Waals surface area contributed by atoms with Crippen LogP contribution in [0.2, 0.25) is 0 Å². The Kier molecular flexibility index (Phi) is 3.78. The molecule has 0 aromatic heterocycles. The Morgan fingerprint density at radius 3 is 2.14 bits per heavy atom. The molecular weight excluding hydrogens is 274 g/mol. The highest BCUT2D eigenvalue weighted by molar-refractivity contribution is 5.76. The average molecular weight is 303 g/mol. The summed E-state index contributed by atoms with van der Waals surface area (Å²) in [6, 6.07) is 2.43. The summed E-state index contributed by atoms with van der Waals surface area (Å²) in [4.78, 5) is 12.8. The lowest BCUT2D eigenvalue weighted by Gasteiger charge is -2.61. The molecule has 3 nitrogen and oxygen atoms in total. The fourth-order valence-electron chi connectivity index (χ4n) is 5.43. The first-order valence-electron chi connectivity index (χ1n) is 8.96. The van der Waals surface area contributed by atoms with E-state index in [4.69, 9.17) is 4.74 Å². The van der Waals surface area contributed by atoms with E-state index in [1.807, 2.05) is 27.7 Å². The number of esters is 1. The third kappa shape index (κ3) is 2.18. The summed E-state index contributed by atoms with van der Waals surface area (Å²) >= 11 is 0. The first-order chi connectivity index (χ1) is 10.3. The van der Waals surface area contributed by atoms with Crippen LogP contribution in [0.3, 0.4) is 0 Å². The number of nitriles is 1. The fraction of sp³-hybridized carbons (Fsp3) is 0.895. The molecule has 122 valence electrons. The Hall–Kier alpha value is -1.04.